The summed E-state index contributed by atoms with van der Waals surface area (Å²) in [6, 6.07) is 26.3. The monoisotopic (exact) mass is 534 g/mol. The fraction of sp³-hybridized carbons (Fsp3) is 0.182. The number of benzene rings is 3. The van der Waals surface area contributed by atoms with Gasteiger partial charge in [-0.05, 0) is 60.0 Å². The standard InChI is InChI=1S/C33H30N2O5/c1-2-3-18-39-27-15-8-12-25(20-27)31(36)29-30(35(33(38)32(29)37)22-23-10-9-17-34-21-23)24-11-7-16-28(19-24)40-26-13-5-4-6-14-26/h4-17,19-21,30,36H,2-3,18,22H2,1H3. The predicted molar refractivity (Wildman–Crippen MR) is 152 cm³/mol. The number of ketones is 1. The number of rotatable bonds is 10. The molecule has 1 fully saturated rings. The molecule has 1 aliphatic heterocycles. The fourth-order valence-electron chi connectivity index (χ4n) is 4.67. The van der Waals surface area contributed by atoms with E-state index in [0.717, 1.165) is 18.4 Å². The lowest BCUT2D eigenvalue weighted by molar-refractivity contribution is -0.140. The number of pyridine rings is 1. The highest BCUT2D eigenvalue weighted by atomic mass is 16.5. The first-order valence-corrected chi connectivity index (χ1v) is 13.3. The zero-order valence-corrected chi connectivity index (χ0v) is 22.2. The van der Waals surface area contributed by atoms with Gasteiger partial charge in [0.1, 0.15) is 23.0 Å². The molecule has 4 aromatic rings. The minimum Gasteiger partial charge on any atom is -0.507 e. The zero-order chi connectivity index (χ0) is 27.9. The number of carbonyl (C=O) groups is 2. The Morgan fingerprint density at radius 3 is 2.45 bits per heavy atom. The van der Waals surface area contributed by atoms with E-state index < -0.39 is 17.7 Å². The number of aliphatic hydroxyl groups is 1. The summed E-state index contributed by atoms with van der Waals surface area (Å²) >= 11 is 0. The number of unbranched alkanes of at least 4 members (excludes halogenated alkanes) is 1. The van der Waals surface area contributed by atoms with E-state index >= 15 is 0 Å². The summed E-state index contributed by atoms with van der Waals surface area (Å²) < 4.78 is 11.8. The normalized spacial score (nSPS) is 16.2. The number of ether oxygens (including phenoxy) is 2. The van der Waals surface area contributed by atoms with Gasteiger partial charge in [0, 0.05) is 24.5 Å². The second-order valence-electron chi connectivity index (χ2n) is 9.51. The molecule has 1 aromatic heterocycles. The minimum atomic E-state index is -0.843. The summed E-state index contributed by atoms with van der Waals surface area (Å²) in [5.74, 6) is 0.0772. The lowest BCUT2D eigenvalue weighted by atomic mass is 9.95. The van der Waals surface area contributed by atoms with Crippen molar-refractivity contribution in [3.05, 3.63) is 126 Å². The summed E-state index contributed by atoms with van der Waals surface area (Å²) in [5.41, 5.74) is 1.80. The molecule has 1 unspecified atom stereocenters. The molecular weight excluding hydrogens is 504 g/mol. The van der Waals surface area contributed by atoms with Crippen LogP contribution in [0.1, 0.15) is 42.5 Å². The Morgan fingerprint density at radius 1 is 0.900 bits per heavy atom. The highest BCUT2D eigenvalue weighted by molar-refractivity contribution is 6.46. The Hall–Kier alpha value is -4.91. The van der Waals surface area contributed by atoms with Gasteiger partial charge in [-0.25, -0.2) is 0 Å². The lowest BCUT2D eigenvalue weighted by Crippen LogP contribution is -2.29. The molecular formula is C33H30N2O5. The van der Waals surface area contributed by atoms with E-state index in [1.165, 1.54) is 4.90 Å². The van der Waals surface area contributed by atoms with Gasteiger partial charge in [-0.15, -0.1) is 0 Å². The molecule has 1 N–H and O–H groups in total. The van der Waals surface area contributed by atoms with Crippen molar-refractivity contribution in [2.45, 2.75) is 32.4 Å². The number of nitrogens with zero attached hydrogens (tertiary/aromatic N) is 2. The minimum absolute atomic E-state index is 0.0106. The van der Waals surface area contributed by atoms with E-state index in [1.54, 1.807) is 60.9 Å². The van der Waals surface area contributed by atoms with E-state index in [-0.39, 0.29) is 17.9 Å². The molecule has 0 saturated carbocycles. The highest BCUT2D eigenvalue weighted by Crippen LogP contribution is 2.41. The predicted octanol–water partition coefficient (Wildman–Crippen LogP) is 6.67. The Balaban J connectivity index is 1.57. The average molecular weight is 535 g/mol. The van der Waals surface area contributed by atoms with Crippen molar-refractivity contribution < 1.29 is 24.2 Å². The van der Waals surface area contributed by atoms with Gasteiger partial charge in [-0.1, -0.05) is 61.9 Å². The maximum absolute atomic E-state index is 13.5. The molecule has 7 nitrogen and oxygen atoms in total. The SMILES string of the molecule is CCCCOc1cccc(C(O)=C2C(=O)C(=O)N(Cc3cccnc3)C2c2cccc(Oc3ccccc3)c2)c1. The summed E-state index contributed by atoms with van der Waals surface area (Å²) in [7, 11) is 0. The van der Waals surface area contributed by atoms with E-state index in [2.05, 4.69) is 11.9 Å². The molecule has 1 aliphatic rings. The second-order valence-corrected chi connectivity index (χ2v) is 9.51. The molecule has 0 aliphatic carbocycles. The Morgan fingerprint density at radius 2 is 1.68 bits per heavy atom. The summed E-state index contributed by atoms with van der Waals surface area (Å²) in [6.07, 6.45) is 5.20. The lowest BCUT2D eigenvalue weighted by Gasteiger charge is -2.25. The van der Waals surface area contributed by atoms with Crippen LogP contribution in [0.4, 0.5) is 0 Å². The van der Waals surface area contributed by atoms with Gasteiger partial charge in [-0.3, -0.25) is 14.6 Å². The third-order valence-electron chi connectivity index (χ3n) is 6.64. The van der Waals surface area contributed by atoms with Crippen molar-refractivity contribution in [1.29, 1.82) is 0 Å². The molecule has 0 bridgehead atoms. The molecule has 7 heteroatoms. The van der Waals surface area contributed by atoms with E-state index in [0.29, 0.717) is 35.0 Å². The van der Waals surface area contributed by atoms with Crippen LogP contribution in [0, 0.1) is 0 Å². The zero-order valence-electron chi connectivity index (χ0n) is 22.2. The Labute approximate surface area is 233 Å². The smallest absolute Gasteiger partial charge is 0.295 e. The van der Waals surface area contributed by atoms with Crippen molar-refractivity contribution in [2.75, 3.05) is 6.61 Å². The van der Waals surface area contributed by atoms with Gasteiger partial charge >= 0.3 is 0 Å². The van der Waals surface area contributed by atoms with Crippen LogP contribution in [0.5, 0.6) is 17.2 Å². The van der Waals surface area contributed by atoms with Gasteiger partial charge in [0.2, 0.25) is 0 Å². The van der Waals surface area contributed by atoms with Crippen LogP contribution in [-0.4, -0.2) is 33.3 Å². The van der Waals surface area contributed by atoms with Crippen molar-refractivity contribution >= 4 is 17.4 Å². The molecule has 1 saturated heterocycles. The largest absolute Gasteiger partial charge is 0.507 e. The van der Waals surface area contributed by atoms with Gasteiger partial charge < -0.3 is 19.5 Å². The summed E-state index contributed by atoms with van der Waals surface area (Å²) in [6.45, 7) is 2.77. The summed E-state index contributed by atoms with van der Waals surface area (Å²) in [5, 5.41) is 11.5. The van der Waals surface area contributed by atoms with Crippen LogP contribution in [0.25, 0.3) is 5.76 Å². The molecule has 0 radical (unpaired) electrons. The number of aliphatic hydroxyl groups excluding tert-OH is 1. The maximum atomic E-state index is 13.5. The van der Waals surface area contributed by atoms with E-state index in [1.807, 2.05) is 42.5 Å². The van der Waals surface area contributed by atoms with E-state index in [4.69, 9.17) is 9.47 Å². The maximum Gasteiger partial charge on any atom is 0.295 e. The first kappa shape index (κ1) is 26.7. The molecule has 3 aromatic carbocycles. The number of hydrogen-bond acceptors (Lipinski definition) is 6. The number of likely N-dealkylation sites (tertiary alicyclic amines) is 1. The number of carbonyl (C=O) groups excluding carboxylic acids is 2. The van der Waals surface area contributed by atoms with Gasteiger partial charge in [0.05, 0.1) is 18.2 Å². The molecule has 5 rings (SSSR count). The third kappa shape index (κ3) is 5.89. The van der Waals surface area contributed by atoms with Crippen molar-refractivity contribution in [3.63, 3.8) is 0 Å². The Kier molecular flexibility index (Phi) is 8.21. The topological polar surface area (TPSA) is 89.0 Å². The first-order valence-electron chi connectivity index (χ1n) is 13.3. The van der Waals surface area contributed by atoms with Crippen LogP contribution in [0.3, 0.4) is 0 Å². The molecule has 40 heavy (non-hydrogen) atoms. The van der Waals surface area contributed by atoms with Crippen molar-refractivity contribution in [2.24, 2.45) is 0 Å². The number of Topliss-reactive ketones (excluding diaryl/α,β-unsaturated/α-hetero) is 1. The second kappa shape index (κ2) is 12.3. The molecule has 1 atom stereocenters. The van der Waals surface area contributed by atoms with Crippen LogP contribution in [0.15, 0.2) is 109 Å². The average Bonchev–Trinajstić information content (AvgIpc) is 3.23. The molecule has 2 heterocycles. The molecule has 0 spiro atoms. The van der Waals surface area contributed by atoms with Crippen molar-refractivity contribution in [3.8, 4) is 17.2 Å². The Bertz CT molecular complexity index is 1520. The van der Waals surface area contributed by atoms with Gasteiger partial charge in [-0.2, -0.15) is 0 Å². The van der Waals surface area contributed by atoms with Gasteiger partial charge in [0.15, 0.2) is 0 Å². The number of amides is 1. The quantitative estimate of drug-likeness (QED) is 0.106. The number of para-hydroxylation sites is 1. The molecule has 202 valence electrons. The summed E-state index contributed by atoms with van der Waals surface area (Å²) in [4.78, 5) is 32.5. The third-order valence-corrected chi connectivity index (χ3v) is 6.64. The van der Waals surface area contributed by atoms with Gasteiger partial charge in [0.25, 0.3) is 11.7 Å². The van der Waals surface area contributed by atoms with Crippen LogP contribution >= 0.6 is 0 Å². The van der Waals surface area contributed by atoms with Crippen molar-refractivity contribution in [1.82, 2.24) is 9.88 Å². The number of hydrogen-bond donors (Lipinski definition) is 1. The van der Waals surface area contributed by atoms with E-state index in [9.17, 15) is 14.7 Å². The fourth-order valence-corrected chi connectivity index (χ4v) is 4.67. The molecule has 1 amide bonds. The van der Waals surface area contributed by atoms with Crippen LogP contribution in [-0.2, 0) is 16.1 Å². The number of aromatic nitrogens is 1. The first-order chi connectivity index (χ1) is 19.5. The van der Waals surface area contributed by atoms with Crippen LogP contribution < -0.4 is 9.47 Å². The highest BCUT2D eigenvalue weighted by Gasteiger charge is 2.46. The van der Waals surface area contributed by atoms with Crippen LogP contribution in [0.2, 0.25) is 0 Å².